The lowest BCUT2D eigenvalue weighted by Gasteiger charge is -1.79. The number of nitrogen functional groups attached to an aromatic ring is 2. The van der Waals surface area contributed by atoms with Gasteiger partial charge in [0.15, 0.2) is 5.88 Å². The molecule has 4 nitrogen and oxygen atoms in total. The minimum Gasteiger partial charge on any atom is -0.424 e. The zero-order chi connectivity index (χ0) is 6.85. The van der Waals surface area contributed by atoms with Crippen LogP contribution in [0.5, 0.6) is 0 Å². The molecule has 1 aromatic rings. The Balaban J connectivity index is 3.20. The molecule has 0 radical (unpaired) electrons. The smallest absolute Gasteiger partial charge is 0.210 e. The maximum absolute atomic E-state index is 8.29. The van der Waals surface area contributed by atoms with Crippen LogP contribution in [-0.2, 0) is 0 Å². The van der Waals surface area contributed by atoms with Gasteiger partial charge in [0.1, 0.15) is 11.6 Å². The van der Waals surface area contributed by atoms with Gasteiger partial charge in [0, 0.05) is 6.07 Å². The summed E-state index contributed by atoms with van der Waals surface area (Å²) in [4.78, 5) is 0. The second kappa shape index (κ2) is 1.71. The van der Waals surface area contributed by atoms with Gasteiger partial charge in [-0.25, -0.2) is 0 Å². The quantitative estimate of drug-likeness (QED) is 0.519. The van der Waals surface area contributed by atoms with E-state index in [4.69, 9.17) is 16.7 Å². The highest BCUT2D eigenvalue weighted by Crippen LogP contribution is 2.17. The van der Waals surface area contributed by atoms with Crippen LogP contribution >= 0.6 is 0 Å². The third-order valence-electron chi connectivity index (χ3n) is 0.900. The molecule has 0 aliphatic rings. The van der Waals surface area contributed by atoms with Gasteiger partial charge < -0.3 is 15.9 Å². The van der Waals surface area contributed by atoms with Crippen molar-refractivity contribution in [2.45, 2.75) is 0 Å². The molecular formula is C5H5N3O. The molecule has 0 spiro atoms. The van der Waals surface area contributed by atoms with Gasteiger partial charge in [-0.1, -0.05) is 0 Å². The number of rotatable bonds is 0. The molecule has 0 saturated carbocycles. The third kappa shape index (κ3) is 0.795. The molecule has 1 rings (SSSR count). The summed E-state index contributed by atoms with van der Waals surface area (Å²) >= 11 is 0. The minimum absolute atomic E-state index is 0.0787. The summed E-state index contributed by atoms with van der Waals surface area (Å²) in [6, 6.07) is 3.20. The van der Waals surface area contributed by atoms with Crippen LogP contribution in [-0.4, -0.2) is 0 Å². The van der Waals surface area contributed by atoms with E-state index in [-0.39, 0.29) is 17.3 Å². The van der Waals surface area contributed by atoms with Crippen molar-refractivity contribution in [3.05, 3.63) is 11.6 Å². The van der Waals surface area contributed by atoms with Gasteiger partial charge in [-0.2, -0.15) is 5.26 Å². The number of nitriles is 1. The molecule has 0 atom stereocenters. The van der Waals surface area contributed by atoms with Crippen molar-refractivity contribution in [2.75, 3.05) is 11.5 Å². The van der Waals surface area contributed by atoms with E-state index in [2.05, 4.69) is 4.42 Å². The summed E-state index contributed by atoms with van der Waals surface area (Å²) in [6.45, 7) is 0. The fraction of sp³-hybridized carbons (Fsp3) is 0. The maximum Gasteiger partial charge on any atom is 0.210 e. The summed E-state index contributed by atoms with van der Waals surface area (Å²) in [5.74, 6) is 0.249. The van der Waals surface area contributed by atoms with E-state index in [9.17, 15) is 0 Å². The molecule has 4 N–H and O–H groups in total. The Hall–Kier alpha value is -1.63. The van der Waals surface area contributed by atoms with Crippen molar-refractivity contribution in [3.8, 4) is 6.07 Å². The normalized spacial score (nSPS) is 8.78. The molecule has 0 unspecified atom stereocenters. The molecule has 46 valence electrons. The zero-order valence-corrected chi connectivity index (χ0v) is 4.59. The topological polar surface area (TPSA) is 89.0 Å². The van der Waals surface area contributed by atoms with Crippen LogP contribution in [0, 0.1) is 11.3 Å². The molecule has 0 amide bonds. The van der Waals surface area contributed by atoms with Crippen LogP contribution in [0.3, 0.4) is 0 Å². The first kappa shape index (κ1) is 5.51. The van der Waals surface area contributed by atoms with Crippen molar-refractivity contribution in [3.63, 3.8) is 0 Å². The van der Waals surface area contributed by atoms with Crippen molar-refractivity contribution >= 4 is 11.8 Å². The second-order valence-electron chi connectivity index (χ2n) is 1.54. The van der Waals surface area contributed by atoms with E-state index in [1.54, 1.807) is 0 Å². The van der Waals surface area contributed by atoms with Crippen molar-refractivity contribution in [1.82, 2.24) is 0 Å². The predicted molar refractivity (Wildman–Crippen MR) is 32.2 cm³/mol. The lowest BCUT2D eigenvalue weighted by Crippen LogP contribution is -1.82. The molecule has 0 bridgehead atoms. The monoisotopic (exact) mass is 123 g/mol. The number of nitrogens with zero attached hydrogens (tertiary/aromatic N) is 1. The standard InChI is InChI=1S/C5H5N3O/c6-2-3-1-4(7)9-5(3)8/h1H,7-8H2. The lowest BCUT2D eigenvalue weighted by molar-refractivity contribution is 0.607. The Morgan fingerprint density at radius 2 is 2.22 bits per heavy atom. The van der Waals surface area contributed by atoms with Crippen LogP contribution in [0.25, 0.3) is 0 Å². The van der Waals surface area contributed by atoms with Gasteiger partial charge in [-0.15, -0.1) is 0 Å². The number of anilines is 2. The Bertz CT molecular complexity index is 258. The fourth-order valence-electron chi connectivity index (χ4n) is 0.512. The first-order valence-corrected chi connectivity index (χ1v) is 2.29. The fourth-order valence-corrected chi connectivity index (χ4v) is 0.512. The molecular weight excluding hydrogens is 118 g/mol. The molecule has 0 fully saturated rings. The largest absolute Gasteiger partial charge is 0.424 e. The molecule has 0 saturated heterocycles. The zero-order valence-electron chi connectivity index (χ0n) is 4.59. The highest BCUT2D eigenvalue weighted by Gasteiger charge is 2.02. The average Bonchev–Trinajstić information content (AvgIpc) is 2.10. The highest BCUT2D eigenvalue weighted by atomic mass is 16.4. The van der Waals surface area contributed by atoms with Gasteiger partial charge in [-0.3, -0.25) is 0 Å². The van der Waals surface area contributed by atoms with Crippen molar-refractivity contribution < 1.29 is 4.42 Å². The summed E-state index contributed by atoms with van der Waals surface area (Å²) in [7, 11) is 0. The van der Waals surface area contributed by atoms with Gasteiger partial charge >= 0.3 is 0 Å². The Morgan fingerprint density at radius 1 is 1.56 bits per heavy atom. The number of hydrogen-bond acceptors (Lipinski definition) is 4. The lowest BCUT2D eigenvalue weighted by atomic mass is 10.3. The van der Waals surface area contributed by atoms with Crippen LogP contribution < -0.4 is 11.5 Å². The number of hydrogen-bond donors (Lipinski definition) is 2. The first-order chi connectivity index (χ1) is 4.24. The maximum atomic E-state index is 8.29. The van der Waals surface area contributed by atoms with Gasteiger partial charge in [0.25, 0.3) is 0 Å². The van der Waals surface area contributed by atoms with Crippen molar-refractivity contribution in [2.24, 2.45) is 0 Å². The predicted octanol–water partition coefficient (Wildman–Crippen LogP) is 0.316. The molecule has 1 aromatic heterocycles. The highest BCUT2D eigenvalue weighted by molar-refractivity contribution is 5.52. The third-order valence-corrected chi connectivity index (χ3v) is 0.900. The van der Waals surface area contributed by atoms with E-state index in [1.165, 1.54) is 6.07 Å². The van der Waals surface area contributed by atoms with Gasteiger partial charge in [0.2, 0.25) is 5.88 Å². The first-order valence-electron chi connectivity index (χ1n) is 2.29. The molecule has 4 heteroatoms. The molecule has 0 aliphatic heterocycles. The molecule has 0 aromatic carbocycles. The van der Waals surface area contributed by atoms with Gasteiger partial charge in [0.05, 0.1) is 0 Å². The Labute approximate surface area is 51.7 Å². The average molecular weight is 123 g/mol. The number of nitrogens with two attached hydrogens (primary N) is 2. The van der Waals surface area contributed by atoms with Crippen LogP contribution in [0.4, 0.5) is 11.8 Å². The van der Waals surface area contributed by atoms with Crippen LogP contribution in [0.1, 0.15) is 5.56 Å². The molecule has 1 heterocycles. The number of furan rings is 1. The van der Waals surface area contributed by atoms with Crippen LogP contribution in [0.2, 0.25) is 0 Å². The summed E-state index contributed by atoms with van der Waals surface area (Å²) in [5.41, 5.74) is 10.6. The van der Waals surface area contributed by atoms with E-state index < -0.39 is 0 Å². The van der Waals surface area contributed by atoms with Gasteiger partial charge in [-0.05, 0) is 0 Å². The van der Waals surface area contributed by atoms with E-state index in [0.29, 0.717) is 0 Å². The molecule has 9 heavy (non-hydrogen) atoms. The molecule has 0 aliphatic carbocycles. The summed E-state index contributed by atoms with van der Waals surface area (Å²) < 4.78 is 4.64. The minimum atomic E-state index is 0.0787. The van der Waals surface area contributed by atoms with Crippen molar-refractivity contribution in [1.29, 1.82) is 5.26 Å². The summed E-state index contributed by atoms with van der Waals surface area (Å²) in [5, 5.41) is 8.29. The SMILES string of the molecule is N#Cc1cc(N)oc1N. The second-order valence-corrected chi connectivity index (χ2v) is 1.54. The summed E-state index contributed by atoms with van der Waals surface area (Å²) in [6.07, 6.45) is 0. The Morgan fingerprint density at radius 3 is 2.44 bits per heavy atom. The Kier molecular flexibility index (Phi) is 1.04. The van der Waals surface area contributed by atoms with Crippen LogP contribution in [0.15, 0.2) is 10.5 Å². The van der Waals surface area contributed by atoms with E-state index >= 15 is 0 Å². The van der Waals surface area contributed by atoms with E-state index in [1.807, 2.05) is 6.07 Å². The van der Waals surface area contributed by atoms with E-state index in [0.717, 1.165) is 0 Å².